The van der Waals surface area contributed by atoms with Crippen molar-refractivity contribution in [1.82, 2.24) is 0 Å². The van der Waals surface area contributed by atoms with E-state index in [9.17, 15) is 0 Å². The molecular weight excluding hydrogens is 211 g/mol. The summed E-state index contributed by atoms with van der Waals surface area (Å²) in [5.41, 5.74) is 2.12. The largest absolute Gasteiger partial charge is 0.0881 e. The maximum Gasteiger partial charge on any atom is -0.00823 e. The van der Waals surface area contributed by atoms with E-state index in [1.165, 1.54) is 25.4 Å². The van der Waals surface area contributed by atoms with Gasteiger partial charge in [-0.3, -0.25) is 0 Å². The molecule has 1 atom stereocenters. The third kappa shape index (κ3) is 7.23. The lowest BCUT2D eigenvalue weighted by Gasteiger charge is -2.26. The van der Waals surface area contributed by atoms with E-state index in [1.807, 2.05) is 0 Å². The molecule has 16 heavy (non-hydrogen) atoms. The molecule has 0 radical (unpaired) electrons. The normalized spacial score (nSPS) is 15.8. The summed E-state index contributed by atoms with van der Waals surface area (Å²) in [6.07, 6.45) is 9.69. The number of hydrogen-bond donors (Lipinski definition) is 0. The molecule has 0 bridgehead atoms. The first-order valence-corrected chi connectivity index (χ1v) is 8.46. The van der Waals surface area contributed by atoms with Gasteiger partial charge in [0.05, 0.1) is 0 Å². The first-order chi connectivity index (χ1) is 7.45. The average molecular weight is 240 g/mol. The molecule has 1 unspecified atom stereocenters. The van der Waals surface area contributed by atoms with Crippen molar-refractivity contribution in [3.05, 3.63) is 23.5 Å². The van der Waals surface area contributed by atoms with Crippen molar-refractivity contribution in [2.75, 3.05) is 12.8 Å². The summed E-state index contributed by atoms with van der Waals surface area (Å²) < 4.78 is 0. The molecule has 0 aliphatic heterocycles. The highest BCUT2D eigenvalue weighted by molar-refractivity contribution is 7.60. The highest BCUT2D eigenvalue weighted by Gasteiger charge is 2.18. The van der Waals surface area contributed by atoms with Crippen LogP contribution in [0, 0.1) is 5.41 Å². The Bertz CT molecular complexity index is 236. The van der Waals surface area contributed by atoms with Crippen LogP contribution in [-0.2, 0) is 0 Å². The SMILES string of the molecule is CC=CP(C)C/C(=C/C)CC(C)(C)CCC. The molecule has 0 aromatic rings. The van der Waals surface area contributed by atoms with Crippen LogP contribution in [0.25, 0.3) is 0 Å². The summed E-state index contributed by atoms with van der Waals surface area (Å²) in [6.45, 7) is 13.8. The van der Waals surface area contributed by atoms with E-state index in [-0.39, 0.29) is 7.92 Å². The van der Waals surface area contributed by atoms with E-state index < -0.39 is 0 Å². The van der Waals surface area contributed by atoms with Gasteiger partial charge in [-0.15, -0.1) is 0 Å². The van der Waals surface area contributed by atoms with Gasteiger partial charge in [0.25, 0.3) is 0 Å². The molecule has 0 nitrogen and oxygen atoms in total. The quantitative estimate of drug-likeness (QED) is 0.390. The van der Waals surface area contributed by atoms with E-state index in [0.29, 0.717) is 5.41 Å². The molecule has 0 saturated carbocycles. The molecule has 0 amide bonds. The molecule has 0 N–H and O–H groups in total. The monoisotopic (exact) mass is 240 g/mol. The Kier molecular flexibility index (Phi) is 8.02. The van der Waals surface area contributed by atoms with Crippen molar-refractivity contribution in [3.8, 4) is 0 Å². The average Bonchev–Trinajstić information content (AvgIpc) is 2.16. The molecular formula is C15H29P. The van der Waals surface area contributed by atoms with Crippen molar-refractivity contribution >= 4 is 7.92 Å². The minimum absolute atomic E-state index is 0.0630. The van der Waals surface area contributed by atoms with Crippen molar-refractivity contribution in [3.63, 3.8) is 0 Å². The molecule has 0 aliphatic carbocycles. The van der Waals surface area contributed by atoms with Crippen LogP contribution in [0.15, 0.2) is 23.5 Å². The number of hydrogen-bond acceptors (Lipinski definition) is 0. The van der Waals surface area contributed by atoms with E-state index in [4.69, 9.17) is 0 Å². The Morgan fingerprint density at radius 3 is 2.31 bits per heavy atom. The predicted octanol–water partition coefficient (Wildman–Crippen LogP) is 5.79. The Morgan fingerprint density at radius 2 is 1.88 bits per heavy atom. The molecule has 0 saturated heterocycles. The van der Waals surface area contributed by atoms with Gasteiger partial charge in [0.2, 0.25) is 0 Å². The van der Waals surface area contributed by atoms with Gasteiger partial charge in [0.1, 0.15) is 0 Å². The second-order valence-corrected chi connectivity index (χ2v) is 7.56. The molecule has 0 spiro atoms. The van der Waals surface area contributed by atoms with E-state index in [2.05, 4.69) is 59.3 Å². The summed E-state index contributed by atoms with van der Waals surface area (Å²) in [5, 5.41) is 0. The van der Waals surface area contributed by atoms with Crippen LogP contribution in [0.2, 0.25) is 0 Å². The van der Waals surface area contributed by atoms with Gasteiger partial charge in [-0.05, 0) is 44.9 Å². The second-order valence-electron chi connectivity index (χ2n) is 5.44. The lowest BCUT2D eigenvalue weighted by atomic mass is 9.82. The highest BCUT2D eigenvalue weighted by Crippen LogP contribution is 2.39. The lowest BCUT2D eigenvalue weighted by molar-refractivity contribution is 0.328. The molecule has 0 aromatic heterocycles. The third-order valence-electron chi connectivity index (χ3n) is 2.90. The van der Waals surface area contributed by atoms with Crippen molar-refractivity contribution in [1.29, 1.82) is 0 Å². The maximum absolute atomic E-state index is 2.40. The summed E-state index contributed by atoms with van der Waals surface area (Å²) in [4.78, 5) is 0. The van der Waals surface area contributed by atoms with Crippen molar-refractivity contribution < 1.29 is 0 Å². The fraction of sp³-hybridized carbons (Fsp3) is 0.733. The van der Waals surface area contributed by atoms with Crippen LogP contribution in [0.3, 0.4) is 0 Å². The summed E-state index contributed by atoms with van der Waals surface area (Å²) in [5.74, 6) is 2.37. The van der Waals surface area contributed by atoms with Crippen LogP contribution in [0.4, 0.5) is 0 Å². The minimum Gasteiger partial charge on any atom is -0.0881 e. The van der Waals surface area contributed by atoms with Crippen LogP contribution < -0.4 is 0 Å². The van der Waals surface area contributed by atoms with Gasteiger partial charge < -0.3 is 0 Å². The Balaban J connectivity index is 4.31. The molecule has 0 aliphatic rings. The molecule has 94 valence electrons. The van der Waals surface area contributed by atoms with Crippen molar-refractivity contribution in [2.45, 2.75) is 53.9 Å². The highest BCUT2D eigenvalue weighted by atomic mass is 31.1. The summed E-state index contributed by atoms with van der Waals surface area (Å²) in [7, 11) is 0.0630. The summed E-state index contributed by atoms with van der Waals surface area (Å²) >= 11 is 0. The second kappa shape index (κ2) is 8.07. The van der Waals surface area contributed by atoms with Gasteiger partial charge in [0, 0.05) is 0 Å². The zero-order valence-electron chi connectivity index (χ0n) is 12.0. The number of allylic oxidation sites excluding steroid dienone is 3. The molecule has 0 rings (SSSR count). The van der Waals surface area contributed by atoms with Crippen molar-refractivity contribution in [2.24, 2.45) is 5.41 Å². The van der Waals surface area contributed by atoms with E-state index in [0.717, 1.165) is 0 Å². The van der Waals surface area contributed by atoms with Gasteiger partial charge in [-0.1, -0.05) is 58.7 Å². The summed E-state index contributed by atoms with van der Waals surface area (Å²) in [6, 6.07) is 0. The Labute approximate surface area is 104 Å². The fourth-order valence-electron chi connectivity index (χ4n) is 2.26. The molecule has 0 aromatic carbocycles. The van der Waals surface area contributed by atoms with Gasteiger partial charge in [-0.2, -0.15) is 0 Å². The number of rotatable bonds is 7. The molecule has 0 fully saturated rings. The van der Waals surface area contributed by atoms with E-state index >= 15 is 0 Å². The van der Waals surface area contributed by atoms with Crippen LogP contribution in [0.5, 0.6) is 0 Å². The zero-order valence-corrected chi connectivity index (χ0v) is 12.9. The fourth-order valence-corrected chi connectivity index (χ4v) is 3.81. The smallest absolute Gasteiger partial charge is 0.00823 e. The first-order valence-electron chi connectivity index (χ1n) is 6.42. The lowest BCUT2D eigenvalue weighted by Crippen LogP contribution is -2.12. The Hall–Kier alpha value is -0.0900. The van der Waals surface area contributed by atoms with Gasteiger partial charge in [0.15, 0.2) is 0 Å². The van der Waals surface area contributed by atoms with Crippen LogP contribution >= 0.6 is 7.92 Å². The first kappa shape index (κ1) is 15.9. The Morgan fingerprint density at radius 1 is 1.25 bits per heavy atom. The maximum atomic E-state index is 2.40. The van der Waals surface area contributed by atoms with Crippen LogP contribution in [-0.4, -0.2) is 12.8 Å². The minimum atomic E-state index is 0.0630. The topological polar surface area (TPSA) is 0 Å². The third-order valence-corrected chi connectivity index (χ3v) is 4.61. The van der Waals surface area contributed by atoms with E-state index in [1.54, 1.807) is 5.57 Å². The van der Waals surface area contributed by atoms with Gasteiger partial charge in [-0.25, -0.2) is 0 Å². The van der Waals surface area contributed by atoms with Gasteiger partial charge >= 0.3 is 0 Å². The zero-order chi connectivity index (χ0) is 12.6. The predicted molar refractivity (Wildman–Crippen MR) is 79.6 cm³/mol. The van der Waals surface area contributed by atoms with Crippen LogP contribution in [0.1, 0.15) is 53.9 Å². The standard InChI is InChI=1S/C15H29P/c1-7-10-15(4,5)12-14(9-3)13-16(6)11-8-2/h8-9,11H,7,10,12-13H2,1-6H3/b11-8?,14-9+. The molecule has 1 heteroatoms. The molecule has 0 heterocycles.